The Kier molecular flexibility index (Phi) is 1.28. The van der Waals surface area contributed by atoms with Crippen molar-refractivity contribution in [2.45, 2.75) is 0 Å². The number of nitrogens with zero attached hydrogens (tertiary/aromatic N) is 2. The van der Waals surface area contributed by atoms with Crippen LogP contribution in [0.4, 0.5) is 0 Å². The van der Waals surface area contributed by atoms with Crippen molar-refractivity contribution in [3.8, 4) is 5.69 Å². The van der Waals surface area contributed by atoms with Gasteiger partial charge in [-0.15, -0.1) is 0 Å². The largest absolute Gasteiger partial charge is 0.443 e. The van der Waals surface area contributed by atoms with E-state index in [0.717, 1.165) is 5.69 Å². The van der Waals surface area contributed by atoms with E-state index in [0.29, 0.717) is 11.2 Å². The normalized spacial score (nSPS) is 11.1. The average molecular weight is 186 g/mol. The molecule has 0 bridgehead atoms. The number of pyridine rings is 1. The first-order valence-corrected chi connectivity index (χ1v) is 4.20. The molecule has 4 heteroatoms. The van der Waals surface area contributed by atoms with Crippen LogP contribution in [-0.2, 0) is 0 Å². The Morgan fingerprint density at radius 1 is 1.29 bits per heavy atom. The zero-order valence-electron chi connectivity index (χ0n) is 7.18. The monoisotopic (exact) mass is 186 g/mol. The van der Waals surface area contributed by atoms with Crippen molar-refractivity contribution in [3.63, 3.8) is 0 Å². The second kappa shape index (κ2) is 2.45. The molecule has 0 aromatic carbocycles. The third-order valence-corrected chi connectivity index (χ3v) is 2.16. The fraction of sp³-hybridized carbons (Fsp3) is 0. The number of rotatable bonds is 0. The summed E-state index contributed by atoms with van der Waals surface area (Å²) in [5.41, 5.74) is 1.85. The van der Waals surface area contributed by atoms with E-state index < -0.39 is 0 Å². The van der Waals surface area contributed by atoms with Gasteiger partial charge in [-0.3, -0.25) is 9.36 Å². The standard InChI is InChI=1S/C10H6N2O2/c13-9-4-3-7-6-14-10-8(12(7)9)2-1-5-11-10/h1-6H. The van der Waals surface area contributed by atoms with Crippen molar-refractivity contribution < 1.29 is 4.42 Å². The third kappa shape index (κ3) is 0.821. The maximum Gasteiger partial charge on any atom is 0.255 e. The Morgan fingerprint density at radius 3 is 3.14 bits per heavy atom. The zero-order chi connectivity index (χ0) is 9.54. The molecule has 0 radical (unpaired) electrons. The van der Waals surface area contributed by atoms with Crippen LogP contribution in [0.1, 0.15) is 0 Å². The molecule has 1 aromatic heterocycles. The lowest BCUT2D eigenvalue weighted by Gasteiger charge is -2.04. The van der Waals surface area contributed by atoms with Gasteiger partial charge < -0.3 is 4.42 Å². The van der Waals surface area contributed by atoms with Crippen molar-refractivity contribution in [1.82, 2.24) is 9.55 Å². The molecule has 2 aliphatic heterocycles. The third-order valence-electron chi connectivity index (χ3n) is 2.16. The summed E-state index contributed by atoms with van der Waals surface area (Å²) >= 11 is 0. The molecule has 0 amide bonds. The molecule has 0 atom stereocenters. The lowest BCUT2D eigenvalue weighted by molar-refractivity contribution is 0.579. The lowest BCUT2D eigenvalue weighted by Crippen LogP contribution is -2.11. The predicted molar refractivity (Wildman–Crippen MR) is 50.8 cm³/mol. The summed E-state index contributed by atoms with van der Waals surface area (Å²) in [6, 6.07) is 6.81. The maximum atomic E-state index is 11.5. The van der Waals surface area contributed by atoms with Crippen molar-refractivity contribution in [1.29, 1.82) is 0 Å². The molecule has 0 unspecified atom stereocenters. The van der Waals surface area contributed by atoms with E-state index in [1.54, 1.807) is 29.0 Å². The average Bonchev–Trinajstić information content (AvgIpc) is 2.61. The minimum absolute atomic E-state index is 0.0613. The van der Waals surface area contributed by atoms with E-state index in [1.807, 2.05) is 0 Å². The number of hydrogen-bond acceptors (Lipinski definition) is 3. The topological polar surface area (TPSA) is 48.0 Å². The van der Waals surface area contributed by atoms with E-state index in [9.17, 15) is 4.79 Å². The highest BCUT2D eigenvalue weighted by molar-refractivity contribution is 5.70. The van der Waals surface area contributed by atoms with E-state index in [-0.39, 0.29) is 5.56 Å². The van der Waals surface area contributed by atoms with Crippen LogP contribution in [0.15, 0.2) is 45.9 Å². The van der Waals surface area contributed by atoms with Crippen LogP contribution in [0.5, 0.6) is 0 Å². The zero-order valence-corrected chi connectivity index (χ0v) is 7.18. The SMILES string of the molecule is O=c1ccc2coc3ncccc3n1-2. The number of hydrogen-bond donors (Lipinski definition) is 0. The van der Waals surface area contributed by atoms with Crippen LogP contribution in [-0.4, -0.2) is 9.55 Å². The summed E-state index contributed by atoms with van der Waals surface area (Å²) in [7, 11) is 0. The van der Waals surface area contributed by atoms with E-state index in [2.05, 4.69) is 4.98 Å². The summed E-state index contributed by atoms with van der Waals surface area (Å²) in [5, 5.41) is 0. The van der Waals surface area contributed by atoms with Crippen LogP contribution in [0.2, 0.25) is 0 Å². The highest BCUT2D eigenvalue weighted by atomic mass is 16.3. The first kappa shape index (κ1) is 7.32. The van der Waals surface area contributed by atoms with Gasteiger partial charge in [0.05, 0.1) is 5.69 Å². The highest BCUT2D eigenvalue weighted by Crippen LogP contribution is 2.16. The van der Waals surface area contributed by atoms with Crippen molar-refractivity contribution in [3.05, 3.63) is 47.1 Å². The van der Waals surface area contributed by atoms with E-state index in [1.165, 1.54) is 12.3 Å². The van der Waals surface area contributed by atoms with Gasteiger partial charge in [0.15, 0.2) is 0 Å². The fourth-order valence-corrected chi connectivity index (χ4v) is 1.54. The number of fused-ring (bicyclic) bond motifs is 3. The quantitative estimate of drug-likeness (QED) is 0.533. The summed E-state index contributed by atoms with van der Waals surface area (Å²) in [5.74, 6) is 0. The maximum absolute atomic E-state index is 11.5. The minimum atomic E-state index is -0.0613. The highest BCUT2D eigenvalue weighted by Gasteiger charge is 2.09. The molecule has 0 fully saturated rings. The molecule has 0 aliphatic carbocycles. The van der Waals surface area contributed by atoms with Gasteiger partial charge in [-0.25, -0.2) is 4.98 Å². The van der Waals surface area contributed by atoms with Crippen LogP contribution < -0.4 is 5.56 Å². The van der Waals surface area contributed by atoms with Crippen molar-refractivity contribution >= 4 is 11.2 Å². The molecule has 1 aromatic rings. The number of aromatic nitrogens is 2. The molecule has 0 saturated carbocycles. The van der Waals surface area contributed by atoms with Gasteiger partial charge in [0.2, 0.25) is 5.71 Å². The first-order valence-electron chi connectivity index (χ1n) is 4.20. The molecule has 0 spiro atoms. The molecule has 3 rings (SSSR count). The summed E-state index contributed by atoms with van der Waals surface area (Å²) in [4.78, 5) is 15.5. The second-order valence-electron chi connectivity index (χ2n) is 3.00. The molecule has 3 heterocycles. The van der Waals surface area contributed by atoms with Crippen LogP contribution >= 0.6 is 0 Å². The fourth-order valence-electron chi connectivity index (χ4n) is 1.54. The van der Waals surface area contributed by atoms with Gasteiger partial charge >= 0.3 is 0 Å². The predicted octanol–water partition coefficient (Wildman–Crippen LogP) is 1.42. The van der Waals surface area contributed by atoms with Crippen molar-refractivity contribution in [2.75, 3.05) is 0 Å². The Morgan fingerprint density at radius 2 is 2.21 bits per heavy atom. The molecule has 14 heavy (non-hydrogen) atoms. The van der Waals surface area contributed by atoms with Crippen LogP contribution in [0.3, 0.4) is 0 Å². The summed E-state index contributed by atoms with van der Waals surface area (Å²) in [6.45, 7) is 0. The van der Waals surface area contributed by atoms with Crippen LogP contribution in [0.25, 0.3) is 16.9 Å². The smallest absolute Gasteiger partial charge is 0.255 e. The molecular weight excluding hydrogens is 180 g/mol. The van der Waals surface area contributed by atoms with Gasteiger partial charge in [-0.1, -0.05) is 0 Å². The second-order valence-corrected chi connectivity index (χ2v) is 3.00. The molecule has 0 N–H and O–H groups in total. The lowest BCUT2D eigenvalue weighted by atomic mass is 10.4. The molecule has 2 aliphatic rings. The van der Waals surface area contributed by atoms with E-state index >= 15 is 0 Å². The molecular formula is C10H6N2O2. The van der Waals surface area contributed by atoms with Gasteiger partial charge in [0.1, 0.15) is 11.8 Å². The Labute approximate surface area is 78.8 Å². The first-order chi connectivity index (χ1) is 6.86. The van der Waals surface area contributed by atoms with Gasteiger partial charge in [0, 0.05) is 12.3 Å². The Hall–Kier alpha value is -2.10. The Balaban J connectivity index is 2.64. The van der Waals surface area contributed by atoms with Gasteiger partial charge in [0.25, 0.3) is 5.56 Å². The molecule has 4 nitrogen and oxygen atoms in total. The minimum Gasteiger partial charge on any atom is -0.443 e. The molecule has 68 valence electrons. The Bertz CT molecular complexity index is 623. The summed E-state index contributed by atoms with van der Waals surface area (Å²) in [6.07, 6.45) is 3.16. The van der Waals surface area contributed by atoms with Gasteiger partial charge in [-0.05, 0) is 18.2 Å². The van der Waals surface area contributed by atoms with Crippen LogP contribution in [0, 0.1) is 0 Å². The van der Waals surface area contributed by atoms with E-state index in [4.69, 9.17) is 4.42 Å². The van der Waals surface area contributed by atoms with Crippen molar-refractivity contribution in [2.24, 2.45) is 0 Å². The van der Waals surface area contributed by atoms with Gasteiger partial charge in [-0.2, -0.15) is 0 Å². The molecule has 0 saturated heterocycles. The summed E-state index contributed by atoms with van der Waals surface area (Å²) < 4.78 is 6.84.